The molecule has 0 saturated carbocycles. The molecular formula is C11H19ClN4O2. The number of hydrogen-bond acceptors (Lipinski definition) is 6. The van der Waals surface area contributed by atoms with Crippen molar-refractivity contribution in [2.75, 3.05) is 19.0 Å². The van der Waals surface area contributed by atoms with Crippen LogP contribution < -0.4 is 10.1 Å². The third kappa shape index (κ3) is 5.01. The minimum atomic E-state index is -0.0164. The summed E-state index contributed by atoms with van der Waals surface area (Å²) in [4.78, 5) is 12.1. The average molecular weight is 275 g/mol. The number of hydrogen-bond donors (Lipinski definition) is 1. The molecule has 0 fully saturated rings. The van der Waals surface area contributed by atoms with Crippen LogP contribution in [0, 0.1) is 0 Å². The Hall–Kier alpha value is -1.14. The van der Waals surface area contributed by atoms with Crippen molar-refractivity contribution in [2.24, 2.45) is 0 Å². The maximum atomic E-state index is 5.82. The van der Waals surface area contributed by atoms with Crippen molar-refractivity contribution in [3.05, 3.63) is 5.28 Å². The minimum Gasteiger partial charge on any atom is -0.461 e. The van der Waals surface area contributed by atoms with Crippen LogP contribution >= 0.6 is 11.6 Å². The van der Waals surface area contributed by atoms with Crippen molar-refractivity contribution in [1.82, 2.24) is 15.0 Å². The number of nitrogens with one attached hydrogen (secondary N) is 1. The Kier molecular flexibility index (Phi) is 6.07. The Morgan fingerprint density at radius 2 is 2.00 bits per heavy atom. The molecule has 1 heterocycles. The lowest BCUT2D eigenvalue weighted by Crippen LogP contribution is -2.25. The van der Waals surface area contributed by atoms with Crippen LogP contribution in [-0.2, 0) is 4.74 Å². The van der Waals surface area contributed by atoms with Gasteiger partial charge >= 0.3 is 6.01 Å². The summed E-state index contributed by atoms with van der Waals surface area (Å²) < 4.78 is 10.5. The lowest BCUT2D eigenvalue weighted by Gasteiger charge is -2.16. The summed E-state index contributed by atoms with van der Waals surface area (Å²) in [7, 11) is 1.65. The summed E-state index contributed by atoms with van der Waals surface area (Å²) in [5.74, 6) is 0.398. The maximum absolute atomic E-state index is 5.82. The van der Waals surface area contributed by atoms with E-state index in [4.69, 9.17) is 21.1 Å². The molecule has 7 heteroatoms. The molecule has 6 nitrogen and oxygen atoms in total. The highest BCUT2D eigenvalue weighted by atomic mass is 35.5. The van der Waals surface area contributed by atoms with Crippen LogP contribution in [0.2, 0.25) is 5.28 Å². The van der Waals surface area contributed by atoms with E-state index < -0.39 is 0 Å². The van der Waals surface area contributed by atoms with Crippen molar-refractivity contribution in [1.29, 1.82) is 0 Å². The van der Waals surface area contributed by atoms with Gasteiger partial charge in [0.2, 0.25) is 11.2 Å². The SMILES string of the molecule is CCC(COC)Nc1nc(Cl)nc(OC(C)C)n1. The minimum absolute atomic E-state index is 0.0164. The Labute approximate surface area is 112 Å². The summed E-state index contributed by atoms with van der Waals surface area (Å²) in [6.45, 7) is 6.40. The van der Waals surface area contributed by atoms with E-state index in [1.54, 1.807) is 7.11 Å². The van der Waals surface area contributed by atoms with Crippen LogP contribution in [0.25, 0.3) is 0 Å². The number of anilines is 1. The number of ether oxygens (including phenoxy) is 2. The van der Waals surface area contributed by atoms with E-state index in [-0.39, 0.29) is 23.4 Å². The second-order valence-corrected chi connectivity index (χ2v) is 4.42. The van der Waals surface area contributed by atoms with Gasteiger partial charge in [0.15, 0.2) is 0 Å². The van der Waals surface area contributed by atoms with Crippen molar-refractivity contribution < 1.29 is 9.47 Å². The number of halogens is 1. The third-order valence-electron chi connectivity index (χ3n) is 2.12. The van der Waals surface area contributed by atoms with E-state index in [2.05, 4.69) is 20.3 Å². The van der Waals surface area contributed by atoms with Crippen LogP contribution in [0.15, 0.2) is 0 Å². The topological polar surface area (TPSA) is 69.2 Å². The molecule has 0 radical (unpaired) electrons. The lowest BCUT2D eigenvalue weighted by atomic mass is 10.2. The summed E-state index contributed by atoms with van der Waals surface area (Å²) in [5.41, 5.74) is 0. The zero-order valence-corrected chi connectivity index (χ0v) is 11.9. The predicted molar refractivity (Wildman–Crippen MR) is 70.2 cm³/mol. The third-order valence-corrected chi connectivity index (χ3v) is 2.29. The number of rotatable bonds is 7. The normalized spacial score (nSPS) is 12.6. The van der Waals surface area contributed by atoms with Crippen LogP contribution in [-0.4, -0.2) is 40.8 Å². The predicted octanol–water partition coefficient (Wildman–Crippen LogP) is 2.15. The van der Waals surface area contributed by atoms with Crippen LogP contribution in [0.3, 0.4) is 0 Å². The van der Waals surface area contributed by atoms with Crippen LogP contribution in [0.1, 0.15) is 27.2 Å². The average Bonchev–Trinajstić information content (AvgIpc) is 2.26. The van der Waals surface area contributed by atoms with Gasteiger partial charge in [0.25, 0.3) is 0 Å². The largest absolute Gasteiger partial charge is 0.461 e. The van der Waals surface area contributed by atoms with Gasteiger partial charge in [0, 0.05) is 7.11 Å². The quantitative estimate of drug-likeness (QED) is 0.822. The van der Waals surface area contributed by atoms with E-state index in [1.807, 2.05) is 20.8 Å². The van der Waals surface area contributed by atoms with E-state index in [0.29, 0.717) is 12.6 Å². The number of nitrogens with zero attached hydrogens (tertiary/aromatic N) is 3. The van der Waals surface area contributed by atoms with Crippen molar-refractivity contribution in [3.8, 4) is 6.01 Å². The fraction of sp³-hybridized carbons (Fsp3) is 0.727. The fourth-order valence-electron chi connectivity index (χ4n) is 1.31. The van der Waals surface area contributed by atoms with Crippen molar-refractivity contribution in [2.45, 2.75) is 39.3 Å². The Balaban J connectivity index is 2.78. The summed E-state index contributed by atoms with van der Waals surface area (Å²) >= 11 is 5.82. The maximum Gasteiger partial charge on any atom is 0.322 e. The molecule has 1 aromatic heterocycles. The van der Waals surface area contributed by atoms with Gasteiger partial charge in [0.05, 0.1) is 18.8 Å². The molecule has 18 heavy (non-hydrogen) atoms. The first-order valence-corrected chi connectivity index (χ1v) is 6.26. The zero-order chi connectivity index (χ0) is 13.5. The Morgan fingerprint density at radius 1 is 1.28 bits per heavy atom. The van der Waals surface area contributed by atoms with E-state index in [1.165, 1.54) is 0 Å². The highest BCUT2D eigenvalue weighted by Gasteiger charge is 2.11. The highest BCUT2D eigenvalue weighted by molar-refractivity contribution is 6.28. The number of methoxy groups -OCH3 is 1. The molecule has 0 aliphatic rings. The standard InChI is InChI=1S/C11H19ClN4O2/c1-5-8(6-17-4)13-10-14-9(12)15-11(16-10)18-7(2)3/h7-8H,5-6H2,1-4H3,(H,13,14,15,16). The molecule has 1 rings (SSSR count). The first-order chi connectivity index (χ1) is 8.55. The van der Waals surface area contributed by atoms with Crippen LogP contribution in [0.4, 0.5) is 5.95 Å². The molecule has 1 unspecified atom stereocenters. The van der Waals surface area contributed by atoms with Gasteiger partial charge in [-0.05, 0) is 31.9 Å². The summed E-state index contributed by atoms with van der Waals surface area (Å²) in [6.07, 6.45) is 0.870. The van der Waals surface area contributed by atoms with Gasteiger partial charge in [-0.3, -0.25) is 0 Å². The summed E-state index contributed by atoms with van der Waals surface area (Å²) in [6, 6.07) is 0.347. The first kappa shape index (κ1) is 14.9. The molecule has 1 atom stereocenters. The Bertz CT molecular complexity index is 376. The van der Waals surface area contributed by atoms with E-state index >= 15 is 0 Å². The molecule has 0 saturated heterocycles. The molecule has 0 bridgehead atoms. The molecule has 0 aliphatic carbocycles. The zero-order valence-electron chi connectivity index (χ0n) is 11.1. The van der Waals surface area contributed by atoms with Gasteiger partial charge in [-0.1, -0.05) is 6.92 Å². The monoisotopic (exact) mass is 274 g/mol. The van der Waals surface area contributed by atoms with Gasteiger partial charge in [-0.25, -0.2) is 0 Å². The van der Waals surface area contributed by atoms with Gasteiger partial charge in [-0.15, -0.1) is 0 Å². The van der Waals surface area contributed by atoms with E-state index in [9.17, 15) is 0 Å². The molecule has 1 N–H and O–H groups in total. The first-order valence-electron chi connectivity index (χ1n) is 5.88. The highest BCUT2D eigenvalue weighted by Crippen LogP contribution is 2.13. The molecule has 0 aromatic carbocycles. The number of aromatic nitrogens is 3. The second kappa shape index (κ2) is 7.33. The molecular weight excluding hydrogens is 256 g/mol. The summed E-state index contributed by atoms with van der Waals surface area (Å²) in [5, 5.41) is 3.24. The van der Waals surface area contributed by atoms with Crippen LogP contribution in [0.5, 0.6) is 6.01 Å². The lowest BCUT2D eigenvalue weighted by molar-refractivity contribution is 0.184. The van der Waals surface area contributed by atoms with Crippen molar-refractivity contribution >= 4 is 17.5 Å². The fourth-order valence-corrected chi connectivity index (χ4v) is 1.46. The van der Waals surface area contributed by atoms with Crippen molar-refractivity contribution in [3.63, 3.8) is 0 Å². The van der Waals surface area contributed by atoms with E-state index in [0.717, 1.165) is 6.42 Å². The molecule has 0 amide bonds. The molecule has 0 spiro atoms. The smallest absolute Gasteiger partial charge is 0.322 e. The Morgan fingerprint density at radius 3 is 2.56 bits per heavy atom. The van der Waals surface area contributed by atoms with Gasteiger partial charge < -0.3 is 14.8 Å². The molecule has 102 valence electrons. The molecule has 0 aliphatic heterocycles. The van der Waals surface area contributed by atoms with Gasteiger partial charge in [-0.2, -0.15) is 15.0 Å². The molecule has 1 aromatic rings. The van der Waals surface area contributed by atoms with Gasteiger partial charge in [0.1, 0.15) is 0 Å². The second-order valence-electron chi connectivity index (χ2n) is 4.08.